The molecule has 0 saturated heterocycles. The van der Waals surface area contributed by atoms with Crippen LogP contribution in [0.3, 0.4) is 0 Å². The van der Waals surface area contributed by atoms with Crippen molar-refractivity contribution >= 4 is 27.8 Å². The van der Waals surface area contributed by atoms with Crippen molar-refractivity contribution in [3.05, 3.63) is 52.9 Å². The monoisotopic (exact) mass is 364 g/mol. The number of hydrogen-bond donors (Lipinski definition) is 0. The van der Waals surface area contributed by atoms with Gasteiger partial charge in [0.2, 0.25) is 5.89 Å². The zero-order valence-electron chi connectivity index (χ0n) is 15.5. The van der Waals surface area contributed by atoms with Gasteiger partial charge < -0.3 is 18.5 Å². The second kappa shape index (κ2) is 6.79. The summed E-state index contributed by atoms with van der Waals surface area (Å²) in [5, 5.41) is 0.820. The quantitative estimate of drug-likeness (QED) is 0.487. The number of benzene rings is 2. The minimum Gasteiger partial charge on any atom is -0.497 e. The second-order valence-electron chi connectivity index (χ2n) is 6.19. The largest absolute Gasteiger partial charge is 0.497 e. The highest BCUT2D eigenvalue weighted by Gasteiger charge is 2.15. The van der Waals surface area contributed by atoms with Gasteiger partial charge in [-0.2, -0.15) is 0 Å². The van der Waals surface area contributed by atoms with Crippen molar-refractivity contribution in [1.82, 2.24) is 4.98 Å². The number of nitrogens with zero attached hydrogens (tertiary/aromatic N) is 2. The molecule has 0 radical (unpaired) electrons. The van der Waals surface area contributed by atoms with Crippen LogP contribution in [0.1, 0.15) is 13.8 Å². The van der Waals surface area contributed by atoms with Gasteiger partial charge in [0.25, 0.3) is 0 Å². The first kappa shape index (κ1) is 17.1. The Bertz CT molecular complexity index is 1170. The fourth-order valence-corrected chi connectivity index (χ4v) is 3.18. The number of ether oxygens (including phenoxy) is 1. The van der Waals surface area contributed by atoms with Crippen LogP contribution in [0.5, 0.6) is 5.75 Å². The van der Waals surface area contributed by atoms with E-state index in [1.54, 1.807) is 31.4 Å². The molecule has 27 heavy (non-hydrogen) atoms. The van der Waals surface area contributed by atoms with Crippen LogP contribution in [0.4, 0.5) is 5.69 Å². The van der Waals surface area contributed by atoms with Gasteiger partial charge in [-0.15, -0.1) is 0 Å². The molecule has 138 valence electrons. The molecule has 0 N–H and O–H groups in total. The van der Waals surface area contributed by atoms with Crippen molar-refractivity contribution in [2.24, 2.45) is 0 Å². The molecule has 2 heterocycles. The van der Waals surface area contributed by atoms with Crippen molar-refractivity contribution in [3.63, 3.8) is 0 Å². The van der Waals surface area contributed by atoms with Crippen molar-refractivity contribution in [1.29, 1.82) is 0 Å². The fourth-order valence-electron chi connectivity index (χ4n) is 3.18. The average Bonchev–Trinajstić information content (AvgIpc) is 3.11. The molecule has 0 unspecified atom stereocenters. The van der Waals surface area contributed by atoms with Crippen LogP contribution in [0, 0.1) is 0 Å². The molecule has 0 amide bonds. The maximum atomic E-state index is 12.5. The maximum absolute atomic E-state index is 12.5. The Morgan fingerprint density at radius 1 is 1.00 bits per heavy atom. The smallest absolute Gasteiger partial charge is 0.349 e. The van der Waals surface area contributed by atoms with Gasteiger partial charge >= 0.3 is 5.63 Å². The van der Waals surface area contributed by atoms with Gasteiger partial charge in [-0.1, -0.05) is 0 Å². The molecule has 0 spiro atoms. The summed E-state index contributed by atoms with van der Waals surface area (Å²) < 4.78 is 16.5. The molecule has 0 aliphatic heterocycles. The Labute approximate surface area is 156 Å². The zero-order chi connectivity index (χ0) is 19.0. The summed E-state index contributed by atoms with van der Waals surface area (Å²) in [4.78, 5) is 19.2. The van der Waals surface area contributed by atoms with Crippen molar-refractivity contribution in [2.75, 3.05) is 25.1 Å². The van der Waals surface area contributed by atoms with Crippen molar-refractivity contribution < 1.29 is 13.6 Å². The van der Waals surface area contributed by atoms with Crippen LogP contribution < -0.4 is 15.3 Å². The van der Waals surface area contributed by atoms with E-state index in [1.807, 2.05) is 18.2 Å². The second-order valence-corrected chi connectivity index (χ2v) is 6.19. The summed E-state index contributed by atoms with van der Waals surface area (Å²) in [6.07, 6.45) is 0. The van der Waals surface area contributed by atoms with E-state index in [4.69, 9.17) is 13.6 Å². The standard InChI is InChI=1S/C21H20N2O4/c1-4-23(5-2)14-7-6-13-10-16(21(24)27-18(13)11-14)20-22-17-9-8-15(25-3)12-19(17)26-20/h6-12H,4-5H2,1-3H3. The third kappa shape index (κ3) is 3.03. The number of oxazole rings is 1. The maximum Gasteiger partial charge on any atom is 0.349 e. The normalized spacial score (nSPS) is 11.2. The van der Waals surface area contributed by atoms with E-state index < -0.39 is 5.63 Å². The third-order valence-corrected chi connectivity index (χ3v) is 4.67. The van der Waals surface area contributed by atoms with Gasteiger partial charge in [-0.3, -0.25) is 0 Å². The molecule has 2 aromatic heterocycles. The zero-order valence-corrected chi connectivity index (χ0v) is 15.5. The van der Waals surface area contributed by atoms with Crippen molar-refractivity contribution in [3.8, 4) is 17.2 Å². The van der Waals surface area contributed by atoms with Gasteiger partial charge in [-0.25, -0.2) is 9.78 Å². The molecule has 2 aromatic carbocycles. The number of aromatic nitrogens is 1. The fraction of sp³-hybridized carbons (Fsp3) is 0.238. The van der Waals surface area contributed by atoms with E-state index in [0.29, 0.717) is 28.0 Å². The average molecular weight is 364 g/mol. The Hall–Kier alpha value is -3.28. The Morgan fingerprint density at radius 3 is 2.56 bits per heavy atom. The molecule has 0 saturated carbocycles. The summed E-state index contributed by atoms with van der Waals surface area (Å²) in [6, 6.07) is 13.0. The van der Waals surface area contributed by atoms with E-state index >= 15 is 0 Å². The Kier molecular flexibility index (Phi) is 4.32. The molecule has 0 aliphatic rings. The van der Waals surface area contributed by atoms with Crippen LogP contribution in [0.15, 0.2) is 56.1 Å². The van der Waals surface area contributed by atoms with E-state index in [1.165, 1.54) is 0 Å². The molecule has 0 aliphatic carbocycles. The number of methoxy groups -OCH3 is 1. The number of anilines is 1. The first-order valence-electron chi connectivity index (χ1n) is 8.90. The minimum atomic E-state index is -0.474. The molecule has 0 atom stereocenters. The summed E-state index contributed by atoms with van der Waals surface area (Å²) in [5.41, 5.74) is 2.61. The lowest BCUT2D eigenvalue weighted by Gasteiger charge is -2.20. The third-order valence-electron chi connectivity index (χ3n) is 4.67. The Morgan fingerprint density at radius 2 is 1.81 bits per heavy atom. The van der Waals surface area contributed by atoms with E-state index in [2.05, 4.69) is 23.7 Å². The van der Waals surface area contributed by atoms with Gasteiger partial charge in [0.05, 0.1) is 7.11 Å². The highest BCUT2D eigenvalue weighted by Crippen LogP contribution is 2.28. The molecule has 0 fully saturated rings. The predicted octanol–water partition coefficient (Wildman–Crippen LogP) is 4.46. The first-order chi connectivity index (χ1) is 13.1. The summed E-state index contributed by atoms with van der Waals surface area (Å²) in [7, 11) is 1.59. The van der Waals surface area contributed by atoms with E-state index in [9.17, 15) is 4.79 Å². The lowest BCUT2D eigenvalue weighted by atomic mass is 10.1. The highest BCUT2D eigenvalue weighted by molar-refractivity contribution is 5.84. The van der Waals surface area contributed by atoms with Crippen LogP contribution in [0.2, 0.25) is 0 Å². The molecule has 6 heteroatoms. The molecular formula is C21H20N2O4. The lowest BCUT2D eigenvalue weighted by Crippen LogP contribution is -2.21. The number of hydrogen-bond acceptors (Lipinski definition) is 6. The van der Waals surface area contributed by atoms with E-state index in [-0.39, 0.29) is 5.89 Å². The van der Waals surface area contributed by atoms with Crippen LogP contribution >= 0.6 is 0 Å². The van der Waals surface area contributed by atoms with Gasteiger partial charge in [0, 0.05) is 36.3 Å². The van der Waals surface area contributed by atoms with Crippen LogP contribution in [-0.2, 0) is 0 Å². The van der Waals surface area contributed by atoms with Gasteiger partial charge in [0.15, 0.2) is 5.58 Å². The number of rotatable bonds is 5. The lowest BCUT2D eigenvalue weighted by molar-refractivity contribution is 0.414. The molecule has 6 nitrogen and oxygen atoms in total. The minimum absolute atomic E-state index is 0.238. The molecular weight excluding hydrogens is 344 g/mol. The molecule has 0 bridgehead atoms. The van der Waals surface area contributed by atoms with E-state index in [0.717, 1.165) is 24.2 Å². The molecule has 4 rings (SSSR count). The summed E-state index contributed by atoms with van der Waals surface area (Å²) >= 11 is 0. The summed E-state index contributed by atoms with van der Waals surface area (Å²) in [5.74, 6) is 0.904. The van der Waals surface area contributed by atoms with Gasteiger partial charge in [-0.05, 0) is 44.2 Å². The number of fused-ring (bicyclic) bond motifs is 2. The van der Waals surface area contributed by atoms with Gasteiger partial charge in [0.1, 0.15) is 22.4 Å². The predicted molar refractivity (Wildman–Crippen MR) is 106 cm³/mol. The first-order valence-corrected chi connectivity index (χ1v) is 8.90. The van der Waals surface area contributed by atoms with Crippen LogP contribution in [-0.4, -0.2) is 25.2 Å². The van der Waals surface area contributed by atoms with Crippen molar-refractivity contribution in [2.45, 2.75) is 13.8 Å². The summed E-state index contributed by atoms with van der Waals surface area (Å²) in [6.45, 7) is 5.96. The van der Waals surface area contributed by atoms with Crippen LogP contribution in [0.25, 0.3) is 33.5 Å². The topological polar surface area (TPSA) is 68.7 Å². The SMILES string of the molecule is CCN(CC)c1ccc2cc(-c3nc4ccc(OC)cc4o3)c(=O)oc2c1. The highest BCUT2D eigenvalue weighted by atomic mass is 16.5. The Balaban J connectivity index is 1.81. The molecule has 4 aromatic rings.